The maximum atomic E-state index is 14.5. The molecule has 1 N–H and O–H groups in total. The molecule has 0 atom stereocenters. The van der Waals surface area contributed by atoms with Crippen molar-refractivity contribution in [3.8, 4) is 28.3 Å². The maximum Gasteiger partial charge on any atom is 0.286 e. The van der Waals surface area contributed by atoms with Crippen molar-refractivity contribution in [2.24, 2.45) is 5.41 Å². The minimum absolute atomic E-state index is 0.0532. The summed E-state index contributed by atoms with van der Waals surface area (Å²) in [6.07, 6.45) is 1.34. The van der Waals surface area contributed by atoms with Gasteiger partial charge >= 0.3 is 0 Å². The van der Waals surface area contributed by atoms with Crippen LogP contribution in [0.2, 0.25) is 0 Å². The molecule has 0 saturated heterocycles. The van der Waals surface area contributed by atoms with Crippen LogP contribution in [0.3, 0.4) is 0 Å². The number of hydrogen-bond donors (Lipinski definition) is 1. The molecule has 9 heteroatoms. The molecule has 0 spiro atoms. The Morgan fingerprint density at radius 3 is 2.15 bits per heavy atom. The Hall–Kier alpha value is -3.85. The Bertz CT molecular complexity index is 1560. The van der Waals surface area contributed by atoms with Gasteiger partial charge in [0.2, 0.25) is 0 Å². The van der Waals surface area contributed by atoms with Gasteiger partial charge in [0.1, 0.15) is 5.75 Å². The van der Waals surface area contributed by atoms with E-state index in [1.807, 2.05) is 32.0 Å². The first-order valence-corrected chi connectivity index (χ1v) is 13.9. The van der Waals surface area contributed by atoms with Crippen molar-refractivity contribution >= 4 is 15.8 Å². The number of anilines is 1. The van der Waals surface area contributed by atoms with Gasteiger partial charge in [-0.3, -0.25) is 9.71 Å². The zero-order chi connectivity index (χ0) is 28.4. The van der Waals surface area contributed by atoms with Gasteiger partial charge in [0.25, 0.3) is 15.9 Å². The maximum absolute atomic E-state index is 14.5. The van der Waals surface area contributed by atoms with Gasteiger partial charge in [-0.15, -0.1) is 0 Å². The van der Waals surface area contributed by atoms with Gasteiger partial charge < -0.3 is 4.74 Å². The molecule has 0 aliphatic rings. The van der Waals surface area contributed by atoms with Crippen LogP contribution in [0.5, 0.6) is 5.75 Å². The van der Waals surface area contributed by atoms with Crippen molar-refractivity contribution in [1.82, 2.24) is 9.97 Å². The van der Waals surface area contributed by atoms with Crippen LogP contribution in [0.15, 0.2) is 83.9 Å². The molecule has 3 aromatic carbocycles. The predicted octanol–water partition coefficient (Wildman–Crippen LogP) is 7.29. The van der Waals surface area contributed by atoms with E-state index in [4.69, 9.17) is 4.74 Å². The van der Waals surface area contributed by atoms with E-state index in [1.54, 1.807) is 42.5 Å². The van der Waals surface area contributed by atoms with E-state index >= 15 is 0 Å². The second kappa shape index (κ2) is 10.7. The zero-order valence-electron chi connectivity index (χ0n) is 22.5. The lowest BCUT2D eigenvalue weighted by Crippen LogP contribution is -2.39. The lowest BCUT2D eigenvalue weighted by Gasteiger charge is -2.30. The topological polar surface area (TPSA) is 81.2 Å². The predicted molar refractivity (Wildman–Crippen MR) is 150 cm³/mol. The van der Waals surface area contributed by atoms with Crippen LogP contribution in [-0.4, -0.2) is 30.9 Å². The molecule has 39 heavy (non-hydrogen) atoms. The van der Waals surface area contributed by atoms with Crippen molar-refractivity contribution in [1.29, 1.82) is 0 Å². The molecule has 204 valence electrons. The van der Waals surface area contributed by atoms with Crippen LogP contribution in [0.1, 0.15) is 31.9 Å². The number of nitrogens with zero attached hydrogens (tertiary/aromatic N) is 2. The monoisotopic (exact) mass is 551 g/mol. The van der Waals surface area contributed by atoms with Gasteiger partial charge in [-0.25, -0.2) is 22.2 Å². The molecular formula is C30H31F2N3O3S. The van der Waals surface area contributed by atoms with Crippen LogP contribution >= 0.6 is 0 Å². The smallest absolute Gasteiger partial charge is 0.286 e. The summed E-state index contributed by atoms with van der Waals surface area (Å²) in [6.45, 7) is 7.49. The molecule has 0 bridgehead atoms. The lowest BCUT2D eigenvalue weighted by atomic mass is 9.88. The lowest BCUT2D eigenvalue weighted by molar-refractivity contribution is -0.123. The largest absolute Gasteiger partial charge is 0.487 e. The summed E-state index contributed by atoms with van der Waals surface area (Å²) in [5.41, 5.74) is 2.89. The summed E-state index contributed by atoms with van der Waals surface area (Å²) < 4.78 is 62.9. The zero-order valence-corrected chi connectivity index (χ0v) is 23.3. The van der Waals surface area contributed by atoms with Crippen molar-refractivity contribution in [3.05, 3.63) is 90.1 Å². The standard InChI is InChI=1S/C30H31F2N3O3S/c1-20-11-9-12-21(2)26(20)28-27(22-13-10-14-23(17-22)38-19-30(31,32)29(3,4)5)33-18-25(34-28)35-39(36,37)24-15-7-6-8-16-24/h6-18H,19H2,1-5H3,(H,34,35). The number of aromatic nitrogens is 2. The Labute approximate surface area is 228 Å². The minimum Gasteiger partial charge on any atom is -0.487 e. The SMILES string of the molecule is Cc1cccc(C)c1-c1nc(NS(=O)(=O)c2ccccc2)cnc1-c1cccc(OCC(F)(F)C(C)(C)C)c1. The molecule has 0 radical (unpaired) electrons. The molecule has 0 aliphatic heterocycles. The first-order chi connectivity index (χ1) is 18.3. The highest BCUT2D eigenvalue weighted by Crippen LogP contribution is 2.38. The quantitative estimate of drug-likeness (QED) is 0.249. The molecular weight excluding hydrogens is 520 g/mol. The van der Waals surface area contributed by atoms with E-state index < -0.39 is 28.0 Å². The fraction of sp³-hybridized carbons (Fsp3) is 0.267. The molecule has 1 aromatic heterocycles. The van der Waals surface area contributed by atoms with Gasteiger partial charge in [0.05, 0.1) is 22.5 Å². The van der Waals surface area contributed by atoms with E-state index in [-0.39, 0.29) is 16.5 Å². The van der Waals surface area contributed by atoms with Gasteiger partial charge in [0, 0.05) is 16.5 Å². The van der Waals surface area contributed by atoms with Gasteiger partial charge in [-0.05, 0) is 49.2 Å². The number of sulfonamides is 1. The molecule has 0 aliphatic carbocycles. The first-order valence-electron chi connectivity index (χ1n) is 12.4. The third kappa shape index (κ3) is 6.25. The van der Waals surface area contributed by atoms with E-state index in [0.717, 1.165) is 16.7 Å². The summed E-state index contributed by atoms with van der Waals surface area (Å²) in [5.74, 6) is -2.72. The normalized spacial score (nSPS) is 12.3. The van der Waals surface area contributed by atoms with Crippen molar-refractivity contribution < 1.29 is 21.9 Å². The highest BCUT2D eigenvalue weighted by molar-refractivity contribution is 7.92. The summed E-state index contributed by atoms with van der Waals surface area (Å²) in [7, 11) is -3.89. The molecule has 4 aromatic rings. The summed E-state index contributed by atoms with van der Waals surface area (Å²) >= 11 is 0. The third-order valence-corrected chi connectivity index (χ3v) is 7.78. The first kappa shape index (κ1) is 28.2. The number of ether oxygens (including phenoxy) is 1. The summed E-state index contributed by atoms with van der Waals surface area (Å²) in [4.78, 5) is 9.37. The van der Waals surface area contributed by atoms with E-state index in [2.05, 4.69) is 14.7 Å². The van der Waals surface area contributed by atoms with Gasteiger partial charge in [-0.1, -0.05) is 69.3 Å². The number of nitrogens with one attached hydrogen (secondary N) is 1. The molecule has 0 saturated carbocycles. The van der Waals surface area contributed by atoms with Crippen LogP contribution < -0.4 is 9.46 Å². The molecule has 4 rings (SSSR count). The number of alkyl halides is 2. The van der Waals surface area contributed by atoms with E-state index in [0.29, 0.717) is 17.0 Å². The van der Waals surface area contributed by atoms with Gasteiger partial charge in [0.15, 0.2) is 12.4 Å². The molecule has 0 unspecified atom stereocenters. The molecule has 0 fully saturated rings. The minimum atomic E-state index is -3.89. The van der Waals surface area contributed by atoms with Crippen molar-refractivity contribution in [2.45, 2.75) is 45.4 Å². The second-order valence-corrected chi connectivity index (χ2v) is 12.1. The highest BCUT2D eigenvalue weighted by atomic mass is 32.2. The van der Waals surface area contributed by atoms with Crippen molar-refractivity contribution in [3.63, 3.8) is 0 Å². The second-order valence-electron chi connectivity index (χ2n) is 10.4. The van der Waals surface area contributed by atoms with Crippen LogP contribution in [0.4, 0.5) is 14.6 Å². The number of aryl methyl sites for hydroxylation is 2. The number of rotatable bonds is 8. The Balaban J connectivity index is 1.77. The average Bonchev–Trinajstić information content (AvgIpc) is 2.87. The fourth-order valence-electron chi connectivity index (χ4n) is 3.93. The summed E-state index contributed by atoms with van der Waals surface area (Å²) in [6, 6.07) is 20.5. The average molecular weight is 552 g/mol. The number of halogens is 2. The molecule has 1 heterocycles. The molecule has 6 nitrogen and oxygen atoms in total. The summed E-state index contributed by atoms with van der Waals surface area (Å²) in [5, 5.41) is 0. The number of benzene rings is 3. The third-order valence-electron chi connectivity index (χ3n) is 6.41. The van der Waals surface area contributed by atoms with E-state index in [9.17, 15) is 17.2 Å². The van der Waals surface area contributed by atoms with Crippen LogP contribution in [-0.2, 0) is 10.0 Å². The highest BCUT2D eigenvalue weighted by Gasteiger charge is 2.43. The van der Waals surface area contributed by atoms with E-state index in [1.165, 1.54) is 39.1 Å². The van der Waals surface area contributed by atoms with Gasteiger partial charge in [-0.2, -0.15) is 0 Å². The fourth-order valence-corrected chi connectivity index (χ4v) is 4.94. The Kier molecular flexibility index (Phi) is 7.75. The van der Waals surface area contributed by atoms with Crippen LogP contribution in [0.25, 0.3) is 22.5 Å². The van der Waals surface area contributed by atoms with Crippen LogP contribution in [0, 0.1) is 19.3 Å². The van der Waals surface area contributed by atoms with Crippen molar-refractivity contribution in [2.75, 3.05) is 11.3 Å². The molecule has 0 amide bonds. The Morgan fingerprint density at radius 2 is 1.51 bits per heavy atom. The number of hydrogen-bond acceptors (Lipinski definition) is 5. The Morgan fingerprint density at radius 1 is 0.872 bits per heavy atom.